The predicted octanol–water partition coefficient (Wildman–Crippen LogP) is 6.63. The lowest BCUT2D eigenvalue weighted by Crippen LogP contribution is -2.12. The Balaban J connectivity index is 1.62. The number of nitrogens with one attached hydrogen (secondary N) is 1. The van der Waals surface area contributed by atoms with Crippen LogP contribution in [0.15, 0.2) is 71.2 Å². The molecule has 0 fully saturated rings. The molecule has 0 aliphatic rings. The van der Waals surface area contributed by atoms with Gasteiger partial charge in [-0.1, -0.05) is 53.5 Å². The van der Waals surface area contributed by atoms with Crippen molar-refractivity contribution in [1.82, 2.24) is 0 Å². The van der Waals surface area contributed by atoms with E-state index in [-0.39, 0.29) is 5.91 Å². The molecule has 27 heavy (non-hydrogen) atoms. The Kier molecular flexibility index (Phi) is 6.78. The molecular formula is C21H16BrCl2NO2. The normalized spacial score (nSPS) is 10.5. The van der Waals surface area contributed by atoms with Crippen molar-refractivity contribution in [2.75, 3.05) is 11.9 Å². The Morgan fingerprint density at radius 2 is 1.67 bits per heavy atom. The maximum atomic E-state index is 12.4. The molecule has 1 amide bonds. The largest absolute Gasteiger partial charge is 0.492 e. The molecule has 1 N–H and O–H groups in total. The summed E-state index contributed by atoms with van der Waals surface area (Å²) >= 11 is 15.4. The van der Waals surface area contributed by atoms with Gasteiger partial charge in [0, 0.05) is 27.7 Å². The van der Waals surface area contributed by atoms with Crippen molar-refractivity contribution in [3.05, 3.63) is 92.4 Å². The fourth-order valence-corrected chi connectivity index (χ4v) is 3.53. The van der Waals surface area contributed by atoms with E-state index in [1.165, 1.54) is 5.56 Å². The molecule has 0 aliphatic carbocycles. The molecular weight excluding hydrogens is 449 g/mol. The zero-order valence-electron chi connectivity index (χ0n) is 14.2. The minimum absolute atomic E-state index is 0.259. The standard InChI is InChI=1S/C21H16BrCl2NO2/c22-19-10-15(21(26)25-18-12-16(23)11-17(24)13-18)6-7-20(19)27-9-8-14-4-2-1-3-5-14/h1-7,10-13H,8-9H2,(H,25,26). The summed E-state index contributed by atoms with van der Waals surface area (Å²) in [6.07, 6.45) is 0.811. The highest BCUT2D eigenvalue weighted by Crippen LogP contribution is 2.27. The lowest BCUT2D eigenvalue weighted by molar-refractivity contribution is 0.102. The Morgan fingerprint density at radius 3 is 2.33 bits per heavy atom. The van der Waals surface area contributed by atoms with Crippen LogP contribution in [0.1, 0.15) is 15.9 Å². The van der Waals surface area contributed by atoms with E-state index < -0.39 is 0 Å². The van der Waals surface area contributed by atoms with E-state index in [0.717, 1.165) is 6.42 Å². The van der Waals surface area contributed by atoms with E-state index >= 15 is 0 Å². The molecule has 3 rings (SSSR count). The van der Waals surface area contributed by atoms with Gasteiger partial charge in [-0.2, -0.15) is 0 Å². The SMILES string of the molecule is O=C(Nc1cc(Cl)cc(Cl)c1)c1ccc(OCCc2ccccc2)c(Br)c1. The second kappa shape index (κ2) is 9.27. The van der Waals surface area contributed by atoms with Crippen LogP contribution in [0, 0.1) is 0 Å². The summed E-state index contributed by atoms with van der Waals surface area (Å²) in [5.41, 5.74) is 2.25. The van der Waals surface area contributed by atoms with E-state index in [1.807, 2.05) is 18.2 Å². The van der Waals surface area contributed by atoms with E-state index in [1.54, 1.807) is 36.4 Å². The van der Waals surface area contributed by atoms with Gasteiger partial charge in [0.05, 0.1) is 11.1 Å². The third-order valence-electron chi connectivity index (χ3n) is 3.81. The van der Waals surface area contributed by atoms with Crippen LogP contribution >= 0.6 is 39.1 Å². The van der Waals surface area contributed by atoms with Gasteiger partial charge in [-0.3, -0.25) is 4.79 Å². The van der Waals surface area contributed by atoms with Crippen LogP contribution in [-0.2, 0) is 6.42 Å². The van der Waals surface area contributed by atoms with Gasteiger partial charge in [0.15, 0.2) is 0 Å². The molecule has 3 aromatic carbocycles. The Bertz CT molecular complexity index is 928. The van der Waals surface area contributed by atoms with Crippen molar-refractivity contribution in [3.8, 4) is 5.75 Å². The first-order valence-corrected chi connectivity index (χ1v) is 9.80. The van der Waals surface area contributed by atoms with Crippen molar-refractivity contribution in [2.24, 2.45) is 0 Å². The number of rotatable bonds is 6. The van der Waals surface area contributed by atoms with E-state index in [2.05, 4.69) is 33.4 Å². The predicted molar refractivity (Wildman–Crippen MR) is 114 cm³/mol. The van der Waals surface area contributed by atoms with Gasteiger partial charge in [-0.25, -0.2) is 0 Å². The fraction of sp³-hybridized carbons (Fsp3) is 0.0952. The van der Waals surface area contributed by atoms with Gasteiger partial charge in [0.2, 0.25) is 0 Å². The minimum atomic E-state index is -0.259. The Labute approximate surface area is 176 Å². The molecule has 0 saturated heterocycles. The molecule has 3 nitrogen and oxygen atoms in total. The summed E-state index contributed by atoms with van der Waals surface area (Å²) in [6.45, 7) is 0.551. The summed E-state index contributed by atoms with van der Waals surface area (Å²) in [5, 5.41) is 3.70. The molecule has 0 aliphatic heterocycles. The van der Waals surface area contributed by atoms with Gasteiger partial charge in [-0.15, -0.1) is 0 Å². The Morgan fingerprint density at radius 1 is 0.963 bits per heavy atom. The van der Waals surface area contributed by atoms with Gasteiger partial charge in [0.25, 0.3) is 5.91 Å². The zero-order valence-corrected chi connectivity index (χ0v) is 17.3. The number of halogens is 3. The smallest absolute Gasteiger partial charge is 0.255 e. The Hall–Kier alpha value is -2.01. The highest BCUT2D eigenvalue weighted by atomic mass is 79.9. The number of ether oxygens (including phenoxy) is 1. The van der Waals surface area contributed by atoms with Crippen LogP contribution in [0.4, 0.5) is 5.69 Å². The molecule has 0 heterocycles. The first kappa shape index (κ1) is 19.7. The number of amides is 1. The van der Waals surface area contributed by atoms with Gasteiger partial charge >= 0.3 is 0 Å². The maximum absolute atomic E-state index is 12.4. The van der Waals surface area contributed by atoms with Crippen LogP contribution in [-0.4, -0.2) is 12.5 Å². The number of carbonyl (C=O) groups excluding carboxylic acids is 1. The zero-order chi connectivity index (χ0) is 19.2. The van der Waals surface area contributed by atoms with Gasteiger partial charge in [-0.05, 0) is 57.9 Å². The molecule has 0 unspecified atom stereocenters. The van der Waals surface area contributed by atoms with Crippen molar-refractivity contribution < 1.29 is 9.53 Å². The molecule has 138 valence electrons. The molecule has 0 radical (unpaired) electrons. The van der Waals surface area contributed by atoms with E-state index in [0.29, 0.717) is 38.1 Å². The summed E-state index contributed by atoms with van der Waals surface area (Å²) in [4.78, 5) is 12.4. The van der Waals surface area contributed by atoms with Crippen LogP contribution < -0.4 is 10.1 Å². The molecule has 0 saturated carbocycles. The second-order valence-corrected chi connectivity index (χ2v) is 7.57. The second-order valence-electron chi connectivity index (χ2n) is 5.84. The molecule has 0 spiro atoms. The van der Waals surface area contributed by atoms with Crippen molar-refractivity contribution in [1.29, 1.82) is 0 Å². The summed E-state index contributed by atoms with van der Waals surface area (Å²) < 4.78 is 6.53. The van der Waals surface area contributed by atoms with Crippen molar-refractivity contribution in [2.45, 2.75) is 6.42 Å². The monoisotopic (exact) mass is 463 g/mol. The number of carbonyl (C=O) groups is 1. The van der Waals surface area contributed by atoms with Crippen molar-refractivity contribution in [3.63, 3.8) is 0 Å². The topological polar surface area (TPSA) is 38.3 Å². The number of hydrogen-bond donors (Lipinski definition) is 1. The van der Waals surface area contributed by atoms with E-state index in [4.69, 9.17) is 27.9 Å². The first-order chi connectivity index (χ1) is 13.0. The van der Waals surface area contributed by atoms with Crippen molar-refractivity contribution >= 4 is 50.7 Å². The molecule has 0 atom stereocenters. The van der Waals surface area contributed by atoms with Crippen LogP contribution in [0.5, 0.6) is 5.75 Å². The number of benzene rings is 3. The third kappa shape index (κ3) is 5.73. The summed E-state index contributed by atoms with van der Waals surface area (Å²) in [6, 6.07) is 20.2. The highest BCUT2D eigenvalue weighted by Gasteiger charge is 2.11. The lowest BCUT2D eigenvalue weighted by atomic mass is 10.1. The number of anilines is 1. The van der Waals surface area contributed by atoms with Crippen LogP contribution in [0.3, 0.4) is 0 Å². The van der Waals surface area contributed by atoms with E-state index in [9.17, 15) is 4.79 Å². The van der Waals surface area contributed by atoms with Gasteiger partial charge < -0.3 is 10.1 Å². The van der Waals surface area contributed by atoms with Crippen LogP contribution in [0.2, 0.25) is 10.0 Å². The van der Waals surface area contributed by atoms with Crippen LogP contribution in [0.25, 0.3) is 0 Å². The number of hydrogen-bond acceptors (Lipinski definition) is 2. The molecule has 0 aromatic heterocycles. The average molecular weight is 465 g/mol. The highest BCUT2D eigenvalue weighted by molar-refractivity contribution is 9.10. The lowest BCUT2D eigenvalue weighted by Gasteiger charge is -2.11. The maximum Gasteiger partial charge on any atom is 0.255 e. The average Bonchev–Trinajstić information content (AvgIpc) is 2.63. The summed E-state index contributed by atoms with van der Waals surface area (Å²) in [7, 11) is 0. The molecule has 0 bridgehead atoms. The quantitative estimate of drug-likeness (QED) is 0.444. The van der Waals surface area contributed by atoms with Gasteiger partial charge in [0.1, 0.15) is 5.75 Å². The summed E-state index contributed by atoms with van der Waals surface area (Å²) in [5.74, 6) is 0.429. The molecule has 6 heteroatoms. The minimum Gasteiger partial charge on any atom is -0.492 e. The first-order valence-electron chi connectivity index (χ1n) is 8.25. The fourth-order valence-electron chi connectivity index (χ4n) is 2.51. The molecule has 3 aromatic rings. The third-order valence-corrected chi connectivity index (χ3v) is 4.86.